The number of benzene rings is 1. The van der Waals surface area contributed by atoms with Crippen LogP contribution in [0.2, 0.25) is 5.02 Å². The Balaban J connectivity index is 2.10. The highest BCUT2D eigenvalue weighted by Gasteiger charge is 2.09. The van der Waals surface area contributed by atoms with Gasteiger partial charge >= 0.3 is 0 Å². The van der Waals surface area contributed by atoms with Gasteiger partial charge in [-0.2, -0.15) is 0 Å². The molecule has 1 N–H and O–H groups in total. The molecule has 0 aliphatic rings. The van der Waals surface area contributed by atoms with Gasteiger partial charge in [-0.25, -0.2) is 4.99 Å². The van der Waals surface area contributed by atoms with Gasteiger partial charge in [0.1, 0.15) is 12.4 Å². The van der Waals surface area contributed by atoms with Gasteiger partial charge in [-0.1, -0.05) is 23.7 Å². The van der Waals surface area contributed by atoms with Crippen molar-refractivity contribution in [2.75, 3.05) is 27.3 Å². The van der Waals surface area contributed by atoms with Crippen molar-refractivity contribution in [3.63, 3.8) is 0 Å². The molecule has 0 radical (unpaired) electrons. The Kier molecular flexibility index (Phi) is 7.21. The Labute approximate surface area is 153 Å². The molecule has 0 aliphatic carbocycles. The number of hydrogen-bond acceptors (Lipinski definition) is 4. The van der Waals surface area contributed by atoms with Crippen molar-refractivity contribution in [1.82, 2.24) is 25.0 Å². The highest BCUT2D eigenvalue weighted by Crippen LogP contribution is 2.12. The summed E-state index contributed by atoms with van der Waals surface area (Å²) in [6, 6.07) is 7.81. The van der Waals surface area contributed by atoms with Crippen LogP contribution in [-0.4, -0.2) is 52.9 Å². The first-order valence-corrected chi connectivity index (χ1v) is 8.46. The lowest BCUT2D eigenvalue weighted by molar-refractivity contribution is 0.203. The third-order valence-electron chi connectivity index (χ3n) is 3.81. The van der Waals surface area contributed by atoms with Crippen LogP contribution in [0.5, 0.6) is 0 Å². The van der Waals surface area contributed by atoms with Gasteiger partial charge in [0, 0.05) is 39.3 Å². The van der Waals surface area contributed by atoms with Crippen LogP contribution in [0.3, 0.4) is 0 Å². The van der Waals surface area contributed by atoms with E-state index in [9.17, 15) is 0 Å². The Morgan fingerprint density at radius 3 is 2.84 bits per heavy atom. The molecular weight excluding hydrogens is 340 g/mol. The lowest BCUT2D eigenvalue weighted by Gasteiger charge is -2.22. The molecule has 0 saturated carbocycles. The summed E-state index contributed by atoms with van der Waals surface area (Å²) in [6.45, 7) is 4.34. The maximum atomic E-state index is 6.07. The van der Waals surface area contributed by atoms with Crippen molar-refractivity contribution < 1.29 is 4.74 Å². The van der Waals surface area contributed by atoms with Crippen molar-refractivity contribution in [3.8, 4) is 0 Å². The minimum Gasteiger partial charge on any atom is -0.383 e. The summed E-state index contributed by atoms with van der Waals surface area (Å²) >= 11 is 6.07. The SMILES string of the molecule is COCCNC(=NCc1nnc(C)n1C)N(C)Cc1cccc(Cl)c1. The topological polar surface area (TPSA) is 67.6 Å². The van der Waals surface area contributed by atoms with Gasteiger partial charge in [-0.3, -0.25) is 0 Å². The predicted molar refractivity (Wildman–Crippen MR) is 99.7 cm³/mol. The first kappa shape index (κ1) is 19.2. The summed E-state index contributed by atoms with van der Waals surface area (Å²) in [6.07, 6.45) is 0. The highest BCUT2D eigenvalue weighted by atomic mass is 35.5. The first-order valence-electron chi connectivity index (χ1n) is 8.09. The average molecular weight is 365 g/mol. The van der Waals surface area contributed by atoms with Crippen molar-refractivity contribution in [2.24, 2.45) is 12.0 Å². The maximum Gasteiger partial charge on any atom is 0.194 e. The summed E-state index contributed by atoms with van der Waals surface area (Å²) < 4.78 is 7.05. The molecule has 25 heavy (non-hydrogen) atoms. The van der Waals surface area contributed by atoms with Gasteiger partial charge in [0.25, 0.3) is 0 Å². The molecule has 2 rings (SSSR count). The Hall–Kier alpha value is -2.12. The molecule has 2 aromatic rings. The molecule has 0 fully saturated rings. The van der Waals surface area contributed by atoms with Crippen LogP contribution in [0.15, 0.2) is 29.3 Å². The van der Waals surface area contributed by atoms with E-state index in [1.807, 2.05) is 54.8 Å². The second-order valence-electron chi connectivity index (χ2n) is 5.77. The molecule has 1 aromatic carbocycles. The number of hydrogen-bond donors (Lipinski definition) is 1. The van der Waals surface area contributed by atoms with Crippen LogP contribution < -0.4 is 5.32 Å². The second kappa shape index (κ2) is 9.39. The van der Waals surface area contributed by atoms with E-state index in [4.69, 9.17) is 16.3 Å². The average Bonchev–Trinajstić information content (AvgIpc) is 2.90. The first-order chi connectivity index (χ1) is 12.0. The van der Waals surface area contributed by atoms with E-state index < -0.39 is 0 Å². The molecule has 8 heteroatoms. The number of methoxy groups -OCH3 is 1. The number of rotatable bonds is 7. The molecule has 0 unspecified atom stereocenters. The van der Waals surface area contributed by atoms with Crippen LogP contribution in [0.4, 0.5) is 0 Å². The fourth-order valence-electron chi connectivity index (χ4n) is 2.29. The van der Waals surface area contributed by atoms with E-state index in [0.29, 0.717) is 26.2 Å². The maximum absolute atomic E-state index is 6.07. The minimum atomic E-state index is 0.451. The van der Waals surface area contributed by atoms with Crippen LogP contribution in [0.25, 0.3) is 0 Å². The number of aliphatic imine (C=N–C) groups is 1. The summed E-state index contributed by atoms with van der Waals surface area (Å²) in [7, 11) is 5.60. The highest BCUT2D eigenvalue weighted by molar-refractivity contribution is 6.30. The Bertz CT molecular complexity index is 715. The number of ether oxygens (including phenoxy) is 1. The van der Waals surface area contributed by atoms with Crippen molar-refractivity contribution in [1.29, 1.82) is 0 Å². The normalized spacial score (nSPS) is 11.6. The minimum absolute atomic E-state index is 0.451. The van der Waals surface area contributed by atoms with Crippen molar-refractivity contribution >= 4 is 17.6 Å². The molecule has 0 bridgehead atoms. The van der Waals surface area contributed by atoms with E-state index in [0.717, 1.165) is 28.2 Å². The van der Waals surface area contributed by atoms with Crippen molar-refractivity contribution in [3.05, 3.63) is 46.5 Å². The van der Waals surface area contributed by atoms with Gasteiger partial charge < -0.3 is 19.5 Å². The van der Waals surface area contributed by atoms with E-state index in [1.165, 1.54) is 0 Å². The smallest absolute Gasteiger partial charge is 0.194 e. The molecule has 1 aromatic heterocycles. The Morgan fingerprint density at radius 2 is 2.20 bits per heavy atom. The second-order valence-corrected chi connectivity index (χ2v) is 6.20. The number of aryl methyl sites for hydroxylation is 1. The van der Waals surface area contributed by atoms with Crippen LogP contribution in [-0.2, 0) is 24.9 Å². The molecule has 136 valence electrons. The summed E-state index contributed by atoms with van der Waals surface area (Å²) in [5, 5.41) is 12.3. The Morgan fingerprint density at radius 1 is 1.40 bits per heavy atom. The zero-order valence-corrected chi connectivity index (χ0v) is 15.9. The number of nitrogens with zero attached hydrogens (tertiary/aromatic N) is 5. The largest absolute Gasteiger partial charge is 0.383 e. The van der Waals surface area contributed by atoms with Gasteiger partial charge in [0.05, 0.1) is 6.61 Å². The molecular formula is C17H25ClN6O. The molecule has 0 spiro atoms. The standard InChI is InChI=1S/C17H25ClN6O/c1-13-21-22-16(24(13)3)11-20-17(19-8-9-25-4)23(2)12-14-6-5-7-15(18)10-14/h5-7,10H,8-9,11-12H2,1-4H3,(H,19,20). The fraction of sp³-hybridized carbons (Fsp3) is 0.471. The quantitative estimate of drug-likeness (QED) is 0.462. The number of nitrogens with one attached hydrogen (secondary N) is 1. The van der Waals surface area contributed by atoms with Gasteiger partial charge in [0.15, 0.2) is 11.8 Å². The lowest BCUT2D eigenvalue weighted by Crippen LogP contribution is -2.40. The molecule has 0 atom stereocenters. The zero-order valence-electron chi connectivity index (χ0n) is 15.2. The van der Waals surface area contributed by atoms with Crippen LogP contribution in [0.1, 0.15) is 17.2 Å². The predicted octanol–water partition coefficient (Wildman–Crippen LogP) is 2.00. The molecule has 0 amide bonds. The number of guanidine groups is 1. The van der Waals surface area contributed by atoms with Gasteiger partial charge in [-0.05, 0) is 24.6 Å². The third kappa shape index (κ3) is 5.72. The number of aromatic nitrogens is 3. The van der Waals surface area contributed by atoms with Crippen molar-refractivity contribution in [2.45, 2.75) is 20.0 Å². The van der Waals surface area contributed by atoms with E-state index in [1.54, 1.807) is 7.11 Å². The van der Waals surface area contributed by atoms with Crippen LogP contribution >= 0.6 is 11.6 Å². The molecule has 1 heterocycles. The monoisotopic (exact) mass is 364 g/mol. The van der Waals surface area contributed by atoms with Crippen LogP contribution in [0, 0.1) is 6.92 Å². The van der Waals surface area contributed by atoms with Gasteiger partial charge in [0.2, 0.25) is 0 Å². The fourth-order valence-corrected chi connectivity index (χ4v) is 2.51. The number of halogens is 1. The van der Waals surface area contributed by atoms with E-state index in [2.05, 4.69) is 20.5 Å². The van der Waals surface area contributed by atoms with E-state index >= 15 is 0 Å². The summed E-state index contributed by atoms with van der Waals surface area (Å²) in [5.74, 6) is 2.46. The summed E-state index contributed by atoms with van der Waals surface area (Å²) in [5.41, 5.74) is 1.12. The van der Waals surface area contributed by atoms with Gasteiger partial charge in [-0.15, -0.1) is 10.2 Å². The molecule has 0 aliphatic heterocycles. The molecule has 7 nitrogen and oxygen atoms in total. The molecule has 0 saturated heterocycles. The van der Waals surface area contributed by atoms with E-state index in [-0.39, 0.29) is 0 Å². The zero-order chi connectivity index (χ0) is 18.2. The third-order valence-corrected chi connectivity index (χ3v) is 4.05. The summed E-state index contributed by atoms with van der Waals surface area (Å²) in [4.78, 5) is 6.72. The lowest BCUT2D eigenvalue weighted by atomic mass is 10.2.